The lowest BCUT2D eigenvalue weighted by Crippen LogP contribution is -2.29. The molecular formula is C11H15N3O. The molecule has 1 aliphatic rings. The number of aliphatic imine (C=N–C) groups is 1. The third-order valence-electron chi connectivity index (χ3n) is 2.46. The number of benzene rings is 1. The molecule has 0 fully saturated rings. The topological polar surface area (TPSA) is 59.6 Å². The van der Waals surface area contributed by atoms with Crippen molar-refractivity contribution in [3.8, 4) is 0 Å². The molecule has 1 atom stereocenters. The van der Waals surface area contributed by atoms with E-state index in [4.69, 9.17) is 10.5 Å². The first-order valence-electron chi connectivity index (χ1n) is 4.94. The van der Waals surface area contributed by atoms with Gasteiger partial charge in [-0.1, -0.05) is 24.3 Å². The van der Waals surface area contributed by atoms with E-state index in [1.807, 2.05) is 0 Å². The van der Waals surface area contributed by atoms with Gasteiger partial charge in [0.2, 0.25) is 0 Å². The normalized spacial score (nSPS) is 19.8. The maximum Gasteiger partial charge on any atom is 0.189 e. The summed E-state index contributed by atoms with van der Waals surface area (Å²) in [6, 6.07) is 8.52. The van der Waals surface area contributed by atoms with E-state index in [0.29, 0.717) is 12.6 Å². The van der Waals surface area contributed by atoms with Gasteiger partial charge in [0.15, 0.2) is 5.96 Å². The molecule has 3 N–H and O–H groups in total. The van der Waals surface area contributed by atoms with Gasteiger partial charge in [0.05, 0.1) is 19.2 Å². The second-order valence-corrected chi connectivity index (χ2v) is 3.60. The summed E-state index contributed by atoms with van der Waals surface area (Å²) in [5.41, 5.74) is 7.94. The van der Waals surface area contributed by atoms with Gasteiger partial charge in [-0.05, 0) is 11.1 Å². The molecule has 15 heavy (non-hydrogen) atoms. The van der Waals surface area contributed by atoms with Crippen LogP contribution in [0.5, 0.6) is 0 Å². The van der Waals surface area contributed by atoms with Gasteiger partial charge in [0.25, 0.3) is 0 Å². The van der Waals surface area contributed by atoms with Crippen LogP contribution < -0.4 is 11.1 Å². The first-order valence-corrected chi connectivity index (χ1v) is 4.94. The molecule has 0 bridgehead atoms. The number of rotatable bonds is 3. The van der Waals surface area contributed by atoms with Crippen molar-refractivity contribution in [2.24, 2.45) is 10.7 Å². The van der Waals surface area contributed by atoms with Crippen LogP contribution in [0, 0.1) is 0 Å². The van der Waals surface area contributed by atoms with E-state index in [1.165, 1.54) is 11.1 Å². The second-order valence-electron chi connectivity index (χ2n) is 3.60. The minimum atomic E-state index is 0.224. The highest BCUT2D eigenvalue weighted by molar-refractivity contribution is 5.80. The van der Waals surface area contributed by atoms with Gasteiger partial charge in [-0.2, -0.15) is 0 Å². The molecule has 4 heteroatoms. The quantitative estimate of drug-likeness (QED) is 0.767. The summed E-state index contributed by atoms with van der Waals surface area (Å²) in [6.07, 6.45) is 0. The molecule has 2 rings (SSSR count). The van der Waals surface area contributed by atoms with E-state index in [-0.39, 0.29) is 6.04 Å². The fourth-order valence-electron chi connectivity index (χ4n) is 1.66. The van der Waals surface area contributed by atoms with Crippen molar-refractivity contribution < 1.29 is 4.74 Å². The monoisotopic (exact) mass is 205 g/mol. The highest BCUT2D eigenvalue weighted by Crippen LogP contribution is 2.17. The number of nitrogens with two attached hydrogens (primary N) is 1. The minimum absolute atomic E-state index is 0.224. The molecule has 0 amide bonds. The average Bonchev–Trinajstić information content (AvgIpc) is 2.67. The van der Waals surface area contributed by atoms with E-state index in [9.17, 15) is 0 Å². The molecule has 1 aromatic carbocycles. The van der Waals surface area contributed by atoms with Crippen molar-refractivity contribution in [2.75, 3.05) is 13.7 Å². The van der Waals surface area contributed by atoms with E-state index in [1.54, 1.807) is 7.11 Å². The van der Waals surface area contributed by atoms with Gasteiger partial charge in [0, 0.05) is 7.11 Å². The van der Waals surface area contributed by atoms with Crippen LogP contribution >= 0.6 is 0 Å². The van der Waals surface area contributed by atoms with Gasteiger partial charge in [-0.3, -0.25) is 4.99 Å². The zero-order chi connectivity index (χ0) is 10.7. The average molecular weight is 205 g/mol. The number of ether oxygens (including phenoxy) is 1. The van der Waals surface area contributed by atoms with Crippen molar-refractivity contribution in [3.63, 3.8) is 0 Å². The Labute approximate surface area is 89.1 Å². The second kappa shape index (κ2) is 4.31. The van der Waals surface area contributed by atoms with Crippen molar-refractivity contribution in [3.05, 3.63) is 35.4 Å². The summed E-state index contributed by atoms with van der Waals surface area (Å²) in [7, 11) is 1.70. The van der Waals surface area contributed by atoms with Gasteiger partial charge in [-0.25, -0.2) is 0 Å². The number of methoxy groups -OCH3 is 1. The third kappa shape index (κ3) is 2.27. The lowest BCUT2D eigenvalue weighted by molar-refractivity contribution is 0.185. The van der Waals surface area contributed by atoms with Gasteiger partial charge >= 0.3 is 0 Å². The molecule has 0 saturated carbocycles. The van der Waals surface area contributed by atoms with Crippen molar-refractivity contribution in [2.45, 2.75) is 12.6 Å². The Morgan fingerprint density at radius 1 is 1.47 bits per heavy atom. The van der Waals surface area contributed by atoms with Crippen LogP contribution in [0.25, 0.3) is 0 Å². The summed E-state index contributed by atoms with van der Waals surface area (Å²) < 4.78 is 5.05. The Bertz CT molecular complexity index is 359. The van der Waals surface area contributed by atoms with E-state index < -0.39 is 0 Å². The molecule has 1 unspecified atom stereocenters. The largest absolute Gasteiger partial charge is 0.380 e. The predicted octanol–water partition coefficient (Wildman–Crippen LogP) is 0.792. The lowest BCUT2D eigenvalue weighted by atomic mass is 10.1. The highest BCUT2D eigenvalue weighted by Gasteiger charge is 2.16. The van der Waals surface area contributed by atoms with Gasteiger partial charge in [-0.15, -0.1) is 0 Å². The highest BCUT2D eigenvalue weighted by atomic mass is 16.5. The summed E-state index contributed by atoms with van der Waals surface area (Å²) >= 11 is 0. The van der Waals surface area contributed by atoms with Crippen molar-refractivity contribution in [1.29, 1.82) is 0 Å². The number of hydrogen-bond donors (Lipinski definition) is 2. The van der Waals surface area contributed by atoms with Crippen LogP contribution in [0.1, 0.15) is 17.2 Å². The number of nitrogens with one attached hydrogen (secondary N) is 1. The van der Waals surface area contributed by atoms with Crippen LogP contribution in [0.15, 0.2) is 29.3 Å². The van der Waals surface area contributed by atoms with E-state index in [2.05, 4.69) is 34.6 Å². The first kappa shape index (κ1) is 9.98. The molecular weight excluding hydrogens is 190 g/mol. The van der Waals surface area contributed by atoms with Crippen LogP contribution in [-0.4, -0.2) is 19.6 Å². The fourth-order valence-corrected chi connectivity index (χ4v) is 1.66. The molecule has 1 aromatic rings. The summed E-state index contributed by atoms with van der Waals surface area (Å²) in [5, 5.41) is 3.12. The molecule has 4 nitrogen and oxygen atoms in total. The minimum Gasteiger partial charge on any atom is -0.380 e. The van der Waals surface area contributed by atoms with E-state index >= 15 is 0 Å². The molecule has 1 heterocycles. The summed E-state index contributed by atoms with van der Waals surface area (Å²) in [4.78, 5) is 4.11. The molecule has 0 radical (unpaired) electrons. The van der Waals surface area contributed by atoms with Gasteiger partial charge < -0.3 is 15.8 Å². The molecule has 80 valence electrons. The van der Waals surface area contributed by atoms with Crippen LogP contribution in [-0.2, 0) is 11.3 Å². The lowest BCUT2D eigenvalue weighted by Gasteiger charge is -2.11. The molecule has 0 aliphatic carbocycles. The van der Waals surface area contributed by atoms with Gasteiger partial charge in [0.1, 0.15) is 0 Å². The van der Waals surface area contributed by atoms with Crippen LogP contribution in [0.3, 0.4) is 0 Å². The van der Waals surface area contributed by atoms with Crippen LogP contribution in [0.4, 0.5) is 0 Å². The first-order chi connectivity index (χ1) is 7.29. The standard InChI is InChI=1S/C11H15N3O/c1-15-7-8-2-4-9(5-3-8)10-6-13-11(12)14-10/h2-5,10H,6-7H2,1H3,(H3,12,13,14). The maximum atomic E-state index is 5.56. The Hall–Kier alpha value is -1.55. The Morgan fingerprint density at radius 2 is 2.20 bits per heavy atom. The van der Waals surface area contributed by atoms with Crippen molar-refractivity contribution >= 4 is 5.96 Å². The number of hydrogen-bond acceptors (Lipinski definition) is 4. The molecule has 0 aromatic heterocycles. The summed E-state index contributed by atoms with van der Waals surface area (Å²) in [6.45, 7) is 1.37. The maximum absolute atomic E-state index is 5.56. The zero-order valence-corrected chi connectivity index (χ0v) is 8.73. The molecule has 1 aliphatic heterocycles. The SMILES string of the molecule is COCc1ccc(C2CN=C(N)N2)cc1. The zero-order valence-electron chi connectivity index (χ0n) is 8.73. The predicted molar refractivity (Wildman–Crippen MR) is 59.5 cm³/mol. The Balaban J connectivity index is 2.04. The molecule has 0 saturated heterocycles. The summed E-state index contributed by atoms with van der Waals surface area (Å²) in [5.74, 6) is 0.529. The van der Waals surface area contributed by atoms with Crippen LogP contribution in [0.2, 0.25) is 0 Å². The smallest absolute Gasteiger partial charge is 0.189 e. The van der Waals surface area contributed by atoms with Crippen molar-refractivity contribution in [1.82, 2.24) is 5.32 Å². The Kier molecular flexibility index (Phi) is 2.87. The molecule has 0 spiro atoms. The number of guanidine groups is 1. The Morgan fingerprint density at radius 3 is 2.73 bits per heavy atom. The number of nitrogens with zero attached hydrogens (tertiary/aromatic N) is 1. The third-order valence-corrected chi connectivity index (χ3v) is 2.46. The fraction of sp³-hybridized carbons (Fsp3) is 0.364. The van der Waals surface area contributed by atoms with E-state index in [0.717, 1.165) is 6.54 Å².